The molecule has 2 aromatic heterocycles. The Bertz CT molecular complexity index is 988. The number of aryl methyl sites for hydroxylation is 1. The molecule has 0 unspecified atom stereocenters. The molecule has 0 radical (unpaired) electrons. The summed E-state index contributed by atoms with van der Waals surface area (Å²) in [5.41, 5.74) is 4.05. The van der Waals surface area contributed by atoms with E-state index in [4.69, 9.17) is 16.6 Å². The maximum absolute atomic E-state index is 11.1. The number of anilines is 1. The Kier molecular flexibility index (Phi) is 5.23. The maximum atomic E-state index is 11.1. The third-order valence-corrected chi connectivity index (χ3v) is 6.67. The molecule has 2 heterocycles. The summed E-state index contributed by atoms with van der Waals surface area (Å²) < 4.78 is 1.94. The molecule has 0 spiro atoms. The van der Waals surface area contributed by atoms with Gasteiger partial charge in [0.2, 0.25) is 5.95 Å². The van der Waals surface area contributed by atoms with Crippen molar-refractivity contribution in [1.29, 1.82) is 0 Å². The zero-order valence-corrected chi connectivity index (χ0v) is 18.0. The topological polar surface area (TPSA) is 84.7 Å². The van der Waals surface area contributed by atoms with Crippen LogP contribution in [0, 0.1) is 5.92 Å². The van der Waals surface area contributed by atoms with Crippen molar-refractivity contribution in [2.45, 2.75) is 63.5 Å². The zero-order valence-electron chi connectivity index (χ0n) is 17.2. The number of nitrogens with one attached hydrogen (secondary N) is 2. The Morgan fingerprint density at radius 3 is 2.47 bits per heavy atom. The molecule has 0 saturated heterocycles. The highest BCUT2D eigenvalue weighted by Gasteiger charge is 2.27. The van der Waals surface area contributed by atoms with Gasteiger partial charge in [0, 0.05) is 42.2 Å². The summed E-state index contributed by atoms with van der Waals surface area (Å²) in [5, 5.41) is 12.0. The van der Waals surface area contributed by atoms with Crippen molar-refractivity contribution in [3.8, 4) is 11.3 Å². The van der Waals surface area contributed by atoms with Gasteiger partial charge in [-0.1, -0.05) is 11.6 Å². The Balaban J connectivity index is 1.25. The normalized spacial score (nSPS) is 23.7. The van der Waals surface area contributed by atoms with Crippen LogP contribution in [0.2, 0.25) is 5.02 Å². The lowest BCUT2D eigenvalue weighted by Crippen LogP contribution is -2.38. The molecule has 5 rings (SSSR count). The Morgan fingerprint density at radius 2 is 1.80 bits per heavy atom. The summed E-state index contributed by atoms with van der Waals surface area (Å²) in [6, 6.07) is 0.790. The molecule has 8 heteroatoms. The molecule has 158 valence electrons. The highest BCUT2D eigenvalue weighted by molar-refractivity contribution is 6.32. The largest absolute Gasteiger partial charge is 0.385 e. The summed E-state index contributed by atoms with van der Waals surface area (Å²) >= 11 is 6.48. The van der Waals surface area contributed by atoms with Crippen LogP contribution >= 0.6 is 11.6 Å². The van der Waals surface area contributed by atoms with Gasteiger partial charge in [-0.25, -0.2) is 9.97 Å². The monoisotopic (exact) mass is 426 g/mol. The van der Waals surface area contributed by atoms with Gasteiger partial charge in [0.15, 0.2) is 5.78 Å². The first-order chi connectivity index (χ1) is 14.5. The molecule has 0 aliphatic heterocycles. The van der Waals surface area contributed by atoms with Crippen molar-refractivity contribution in [2.24, 2.45) is 13.0 Å². The minimum absolute atomic E-state index is 0.220. The Hall–Kier alpha value is -2.41. The average Bonchev–Trinajstić information content (AvgIpc) is 3.46. The smallest absolute Gasteiger partial charge is 0.223 e. The Labute approximate surface area is 181 Å². The molecular formula is C22H27ClN6O. The van der Waals surface area contributed by atoms with Crippen LogP contribution < -0.4 is 10.6 Å². The van der Waals surface area contributed by atoms with E-state index in [1.54, 1.807) is 12.3 Å². The number of halogens is 1. The Morgan fingerprint density at radius 1 is 1.10 bits per heavy atom. The first kappa shape index (κ1) is 19.5. The number of ketones is 1. The van der Waals surface area contributed by atoms with Gasteiger partial charge in [-0.3, -0.25) is 9.48 Å². The minimum atomic E-state index is 0.220. The predicted octanol–water partition coefficient (Wildman–Crippen LogP) is 3.65. The molecular weight excluding hydrogens is 400 g/mol. The number of nitrogens with zero attached hydrogens (tertiary/aromatic N) is 4. The van der Waals surface area contributed by atoms with E-state index in [0.29, 0.717) is 29.5 Å². The SMILES string of the molecule is Cn1ncc(-c2nc(N[C@H]3CC[C@H](NC4=CC(=O)C4)CC3)ncc2Cl)c1CC1CC1. The molecule has 2 fully saturated rings. The van der Waals surface area contributed by atoms with E-state index in [9.17, 15) is 4.79 Å². The quantitative estimate of drug-likeness (QED) is 0.702. The third-order valence-electron chi connectivity index (χ3n) is 6.39. The van der Waals surface area contributed by atoms with Crippen molar-refractivity contribution in [2.75, 3.05) is 5.32 Å². The van der Waals surface area contributed by atoms with Gasteiger partial charge in [-0.2, -0.15) is 5.10 Å². The fourth-order valence-corrected chi connectivity index (χ4v) is 4.59. The van der Waals surface area contributed by atoms with Crippen molar-refractivity contribution >= 4 is 23.3 Å². The number of hydrogen-bond acceptors (Lipinski definition) is 6. The van der Waals surface area contributed by atoms with E-state index in [-0.39, 0.29) is 5.78 Å². The lowest BCUT2D eigenvalue weighted by molar-refractivity contribution is -0.115. The van der Waals surface area contributed by atoms with Gasteiger partial charge >= 0.3 is 0 Å². The molecule has 0 aromatic carbocycles. The molecule has 3 aliphatic carbocycles. The lowest BCUT2D eigenvalue weighted by Gasteiger charge is -2.32. The predicted molar refractivity (Wildman–Crippen MR) is 116 cm³/mol. The summed E-state index contributed by atoms with van der Waals surface area (Å²) in [5.74, 6) is 1.60. The van der Waals surface area contributed by atoms with Gasteiger partial charge in [-0.05, 0) is 50.9 Å². The molecule has 0 bridgehead atoms. The molecule has 2 aromatic rings. The first-order valence-corrected chi connectivity index (χ1v) is 11.2. The van der Waals surface area contributed by atoms with Gasteiger partial charge in [0.25, 0.3) is 0 Å². The van der Waals surface area contributed by atoms with Crippen molar-refractivity contribution in [1.82, 2.24) is 25.1 Å². The second-order valence-corrected chi connectivity index (χ2v) is 9.22. The fourth-order valence-electron chi connectivity index (χ4n) is 4.40. The maximum Gasteiger partial charge on any atom is 0.223 e. The van der Waals surface area contributed by atoms with Crippen LogP contribution in [0.5, 0.6) is 0 Å². The lowest BCUT2D eigenvalue weighted by atomic mass is 9.90. The van der Waals surface area contributed by atoms with E-state index in [1.165, 1.54) is 18.5 Å². The first-order valence-electron chi connectivity index (χ1n) is 10.9. The second-order valence-electron chi connectivity index (χ2n) is 8.82. The number of aromatic nitrogens is 4. The molecule has 2 N–H and O–H groups in total. The minimum Gasteiger partial charge on any atom is -0.385 e. The van der Waals surface area contributed by atoms with Crippen LogP contribution in [0.3, 0.4) is 0 Å². The molecule has 3 aliphatic rings. The molecule has 0 amide bonds. The van der Waals surface area contributed by atoms with Crippen molar-refractivity contribution in [3.63, 3.8) is 0 Å². The number of hydrogen-bond donors (Lipinski definition) is 2. The highest BCUT2D eigenvalue weighted by atomic mass is 35.5. The van der Waals surface area contributed by atoms with E-state index in [2.05, 4.69) is 20.7 Å². The van der Waals surface area contributed by atoms with E-state index < -0.39 is 0 Å². The van der Waals surface area contributed by atoms with Crippen molar-refractivity contribution < 1.29 is 4.79 Å². The van der Waals surface area contributed by atoms with Crippen LogP contribution in [0.1, 0.15) is 50.6 Å². The number of allylic oxidation sites excluding steroid dienone is 2. The number of carbonyl (C=O) groups excluding carboxylic acids is 1. The van der Waals surface area contributed by atoms with E-state index >= 15 is 0 Å². The third kappa shape index (κ3) is 4.21. The standard InChI is InChI=1S/C22H27ClN6O/c1-29-20(8-13-2-3-13)18(11-25-29)21-19(23)12-24-22(28-21)27-15-6-4-14(5-7-15)26-16-9-17(30)10-16/h9,11-15,26H,2-8,10H2,1H3,(H,24,27,28)/t14-,15-. The van der Waals surface area contributed by atoms with Gasteiger partial charge < -0.3 is 10.6 Å². The molecule has 2 saturated carbocycles. The van der Waals surface area contributed by atoms with Crippen LogP contribution in [-0.4, -0.2) is 37.6 Å². The fraction of sp³-hybridized carbons (Fsp3) is 0.545. The number of carbonyl (C=O) groups is 1. The summed E-state index contributed by atoms with van der Waals surface area (Å²) in [4.78, 5) is 20.3. The summed E-state index contributed by atoms with van der Waals surface area (Å²) in [6.07, 6.45) is 13.7. The molecule has 7 nitrogen and oxygen atoms in total. The molecule has 30 heavy (non-hydrogen) atoms. The van der Waals surface area contributed by atoms with Gasteiger partial charge in [0.1, 0.15) is 0 Å². The van der Waals surface area contributed by atoms with Crippen LogP contribution in [0.4, 0.5) is 5.95 Å². The van der Waals surface area contributed by atoms with Crippen LogP contribution in [0.15, 0.2) is 24.2 Å². The van der Waals surface area contributed by atoms with Gasteiger partial charge in [0.05, 0.1) is 29.5 Å². The van der Waals surface area contributed by atoms with Crippen LogP contribution in [0.25, 0.3) is 11.3 Å². The summed E-state index contributed by atoms with van der Waals surface area (Å²) in [7, 11) is 1.98. The van der Waals surface area contributed by atoms with Crippen LogP contribution in [-0.2, 0) is 18.3 Å². The van der Waals surface area contributed by atoms with E-state index in [0.717, 1.165) is 55.0 Å². The zero-order chi connectivity index (χ0) is 20.7. The molecule has 0 atom stereocenters. The van der Waals surface area contributed by atoms with Gasteiger partial charge in [-0.15, -0.1) is 0 Å². The second kappa shape index (κ2) is 8.02. The van der Waals surface area contributed by atoms with Crippen molar-refractivity contribution in [3.05, 3.63) is 34.9 Å². The highest BCUT2D eigenvalue weighted by Crippen LogP contribution is 2.37. The van der Waals surface area contributed by atoms with E-state index in [1.807, 2.05) is 17.9 Å². The summed E-state index contributed by atoms with van der Waals surface area (Å²) in [6.45, 7) is 0. The number of rotatable bonds is 7. The average molecular weight is 427 g/mol.